The third-order valence-corrected chi connectivity index (χ3v) is 3.42. The molecule has 0 fully saturated rings. The highest BCUT2D eigenvalue weighted by molar-refractivity contribution is 5.82. The molecule has 0 saturated carbocycles. The summed E-state index contributed by atoms with van der Waals surface area (Å²) in [5.74, 6) is 0.810. The van der Waals surface area contributed by atoms with E-state index in [2.05, 4.69) is 0 Å². The van der Waals surface area contributed by atoms with Crippen molar-refractivity contribution in [2.45, 2.75) is 40.3 Å². The molecule has 4 nitrogen and oxygen atoms in total. The van der Waals surface area contributed by atoms with Crippen LogP contribution in [0.5, 0.6) is 5.75 Å². The number of nitrogens with zero attached hydrogens (tertiary/aromatic N) is 1. The Morgan fingerprint density at radius 2 is 1.85 bits per heavy atom. The van der Waals surface area contributed by atoms with Gasteiger partial charge in [0.2, 0.25) is 5.91 Å². The number of carbonyl (C=O) groups excluding carboxylic acids is 1. The number of benzene rings is 1. The minimum Gasteiger partial charge on any atom is -0.497 e. The van der Waals surface area contributed by atoms with Crippen LogP contribution in [0.4, 0.5) is 0 Å². The molecule has 0 aliphatic heterocycles. The van der Waals surface area contributed by atoms with Crippen molar-refractivity contribution in [3.05, 3.63) is 29.8 Å². The zero-order valence-corrected chi connectivity index (χ0v) is 13.1. The van der Waals surface area contributed by atoms with Crippen LogP contribution in [0.3, 0.4) is 0 Å². The molecule has 0 radical (unpaired) electrons. The number of rotatable bonds is 5. The number of nitrogens with two attached hydrogens (primary N) is 1. The zero-order valence-electron chi connectivity index (χ0n) is 13.1. The van der Waals surface area contributed by atoms with Gasteiger partial charge < -0.3 is 15.4 Å². The molecular weight excluding hydrogens is 252 g/mol. The molecule has 1 aromatic carbocycles. The molecule has 112 valence electrons. The first-order valence-corrected chi connectivity index (χ1v) is 6.97. The number of methoxy groups -OCH3 is 1. The number of amides is 1. The molecule has 0 aromatic heterocycles. The van der Waals surface area contributed by atoms with E-state index in [0.29, 0.717) is 13.1 Å². The van der Waals surface area contributed by atoms with Gasteiger partial charge in [-0.15, -0.1) is 0 Å². The molecule has 1 rings (SSSR count). The maximum Gasteiger partial charge on any atom is 0.240 e. The standard InChI is InChI=1S/C16H26N2O2/c1-6-18(15(19)14(17)16(2,3)4)11-12-7-9-13(20-5)10-8-12/h7-10,14H,6,11,17H2,1-5H3. The number of carbonyl (C=O) groups is 1. The summed E-state index contributed by atoms with van der Waals surface area (Å²) in [5, 5.41) is 0. The maximum absolute atomic E-state index is 12.4. The van der Waals surface area contributed by atoms with Gasteiger partial charge in [-0.2, -0.15) is 0 Å². The third-order valence-electron chi connectivity index (χ3n) is 3.42. The maximum atomic E-state index is 12.4. The number of hydrogen-bond acceptors (Lipinski definition) is 3. The van der Waals surface area contributed by atoms with E-state index in [4.69, 9.17) is 10.5 Å². The van der Waals surface area contributed by atoms with Gasteiger partial charge in [-0.25, -0.2) is 0 Å². The Hall–Kier alpha value is -1.55. The van der Waals surface area contributed by atoms with Crippen LogP contribution in [0.1, 0.15) is 33.3 Å². The summed E-state index contributed by atoms with van der Waals surface area (Å²) in [6.07, 6.45) is 0. The minimum absolute atomic E-state index is 0.00387. The van der Waals surface area contributed by atoms with Gasteiger partial charge >= 0.3 is 0 Å². The zero-order chi connectivity index (χ0) is 15.3. The van der Waals surface area contributed by atoms with E-state index in [-0.39, 0.29) is 11.3 Å². The summed E-state index contributed by atoms with van der Waals surface area (Å²) in [6.45, 7) is 9.14. The van der Waals surface area contributed by atoms with Gasteiger partial charge in [-0.3, -0.25) is 4.79 Å². The largest absolute Gasteiger partial charge is 0.497 e. The van der Waals surface area contributed by atoms with Crippen LogP contribution in [-0.2, 0) is 11.3 Å². The lowest BCUT2D eigenvalue weighted by molar-refractivity contribution is -0.135. The summed E-state index contributed by atoms with van der Waals surface area (Å²) in [4.78, 5) is 14.2. The Kier molecular flexibility index (Phi) is 5.57. The molecule has 4 heteroatoms. The molecule has 20 heavy (non-hydrogen) atoms. The van der Waals surface area contributed by atoms with Crippen LogP contribution in [-0.4, -0.2) is 30.5 Å². The highest BCUT2D eigenvalue weighted by atomic mass is 16.5. The predicted molar refractivity (Wildman–Crippen MR) is 81.5 cm³/mol. The molecule has 0 saturated heterocycles. The first-order valence-electron chi connectivity index (χ1n) is 6.97. The number of hydrogen-bond donors (Lipinski definition) is 1. The van der Waals surface area contributed by atoms with Crippen molar-refractivity contribution in [2.75, 3.05) is 13.7 Å². The van der Waals surface area contributed by atoms with Crippen LogP contribution in [0.25, 0.3) is 0 Å². The molecule has 1 amide bonds. The fraction of sp³-hybridized carbons (Fsp3) is 0.562. The van der Waals surface area contributed by atoms with Gasteiger partial charge in [-0.1, -0.05) is 32.9 Å². The van der Waals surface area contributed by atoms with Gasteiger partial charge in [0.1, 0.15) is 5.75 Å². The molecular formula is C16H26N2O2. The van der Waals surface area contributed by atoms with Crippen LogP contribution in [0.15, 0.2) is 24.3 Å². The minimum atomic E-state index is -0.485. The Morgan fingerprint density at radius 3 is 2.25 bits per heavy atom. The van der Waals surface area contributed by atoms with Crippen molar-refractivity contribution in [2.24, 2.45) is 11.1 Å². The summed E-state index contributed by atoms with van der Waals surface area (Å²) in [7, 11) is 1.64. The molecule has 0 heterocycles. The van der Waals surface area contributed by atoms with Crippen LogP contribution in [0.2, 0.25) is 0 Å². The Bertz CT molecular complexity index is 435. The fourth-order valence-corrected chi connectivity index (χ4v) is 1.86. The summed E-state index contributed by atoms with van der Waals surface area (Å²) >= 11 is 0. The summed E-state index contributed by atoms with van der Waals surface area (Å²) in [6, 6.07) is 7.25. The van der Waals surface area contributed by atoms with E-state index >= 15 is 0 Å². The van der Waals surface area contributed by atoms with Gasteiger partial charge in [0.05, 0.1) is 13.2 Å². The van der Waals surface area contributed by atoms with E-state index in [1.165, 1.54) is 0 Å². The van der Waals surface area contributed by atoms with Crippen molar-refractivity contribution >= 4 is 5.91 Å². The van der Waals surface area contributed by atoms with Gasteiger partial charge in [0, 0.05) is 13.1 Å². The quantitative estimate of drug-likeness (QED) is 0.900. The molecule has 0 spiro atoms. The lowest BCUT2D eigenvalue weighted by atomic mass is 9.86. The van der Waals surface area contributed by atoms with Crippen molar-refractivity contribution in [1.82, 2.24) is 4.90 Å². The topological polar surface area (TPSA) is 55.6 Å². The highest BCUT2D eigenvalue weighted by Crippen LogP contribution is 2.20. The van der Waals surface area contributed by atoms with Gasteiger partial charge in [0.15, 0.2) is 0 Å². The molecule has 1 aromatic rings. The van der Waals surface area contributed by atoms with Crippen molar-refractivity contribution in [1.29, 1.82) is 0 Å². The number of likely N-dealkylation sites (N-methyl/N-ethyl adjacent to an activating group) is 1. The predicted octanol–water partition coefficient (Wildman–Crippen LogP) is 2.42. The highest BCUT2D eigenvalue weighted by Gasteiger charge is 2.30. The molecule has 0 aliphatic carbocycles. The fourth-order valence-electron chi connectivity index (χ4n) is 1.86. The monoisotopic (exact) mass is 278 g/mol. The number of ether oxygens (including phenoxy) is 1. The lowest BCUT2D eigenvalue weighted by Gasteiger charge is -2.31. The van der Waals surface area contributed by atoms with E-state index in [1.807, 2.05) is 52.0 Å². The smallest absolute Gasteiger partial charge is 0.240 e. The molecule has 1 unspecified atom stereocenters. The van der Waals surface area contributed by atoms with Crippen LogP contribution >= 0.6 is 0 Å². The van der Waals surface area contributed by atoms with Gasteiger partial charge in [0.25, 0.3) is 0 Å². The molecule has 0 bridgehead atoms. The normalized spacial score (nSPS) is 12.9. The second kappa shape index (κ2) is 6.75. The first-order chi connectivity index (χ1) is 9.29. The summed E-state index contributed by atoms with van der Waals surface area (Å²) < 4.78 is 5.13. The van der Waals surface area contributed by atoms with Crippen molar-refractivity contribution in [3.63, 3.8) is 0 Å². The molecule has 1 atom stereocenters. The van der Waals surface area contributed by atoms with E-state index in [1.54, 1.807) is 12.0 Å². The second-order valence-electron chi connectivity index (χ2n) is 6.04. The third kappa shape index (κ3) is 4.23. The van der Waals surface area contributed by atoms with Crippen molar-refractivity contribution < 1.29 is 9.53 Å². The van der Waals surface area contributed by atoms with E-state index < -0.39 is 6.04 Å². The van der Waals surface area contributed by atoms with Gasteiger partial charge in [-0.05, 0) is 30.0 Å². The Balaban J connectivity index is 2.78. The Labute approximate surface area is 121 Å². The first kappa shape index (κ1) is 16.5. The van der Waals surface area contributed by atoms with Crippen molar-refractivity contribution in [3.8, 4) is 5.75 Å². The summed E-state index contributed by atoms with van der Waals surface area (Å²) in [5.41, 5.74) is 6.90. The Morgan fingerprint density at radius 1 is 1.30 bits per heavy atom. The van der Waals surface area contributed by atoms with E-state index in [9.17, 15) is 4.79 Å². The van der Waals surface area contributed by atoms with E-state index in [0.717, 1.165) is 11.3 Å². The second-order valence-corrected chi connectivity index (χ2v) is 6.04. The van der Waals surface area contributed by atoms with Crippen LogP contribution < -0.4 is 10.5 Å². The molecule has 0 aliphatic rings. The molecule has 2 N–H and O–H groups in total. The average molecular weight is 278 g/mol. The lowest BCUT2D eigenvalue weighted by Crippen LogP contribution is -2.50. The SMILES string of the molecule is CCN(Cc1ccc(OC)cc1)C(=O)C(N)C(C)(C)C. The van der Waals surface area contributed by atoms with Crippen LogP contribution in [0, 0.1) is 5.41 Å². The average Bonchev–Trinajstić information content (AvgIpc) is 2.42.